The summed E-state index contributed by atoms with van der Waals surface area (Å²) in [6, 6.07) is 5.90. The van der Waals surface area contributed by atoms with E-state index < -0.39 is 0 Å². The fourth-order valence-electron chi connectivity index (χ4n) is 2.84. The van der Waals surface area contributed by atoms with Gasteiger partial charge < -0.3 is 9.88 Å². The molecule has 0 saturated carbocycles. The van der Waals surface area contributed by atoms with Gasteiger partial charge in [-0.05, 0) is 44.5 Å². The zero-order valence-electron chi connectivity index (χ0n) is 10.0. The van der Waals surface area contributed by atoms with Crippen molar-refractivity contribution in [2.75, 3.05) is 13.6 Å². The molecule has 0 aliphatic carbocycles. The lowest BCUT2D eigenvalue weighted by molar-refractivity contribution is 0.310. The summed E-state index contributed by atoms with van der Waals surface area (Å²) in [7, 11) is 2.17. The maximum absolute atomic E-state index is 13.5. The Morgan fingerprint density at radius 2 is 2.35 bits per heavy atom. The number of nitrogens with zero attached hydrogens (tertiary/aromatic N) is 1. The fourth-order valence-corrected chi connectivity index (χ4v) is 2.84. The average Bonchev–Trinajstić information content (AvgIpc) is 2.89. The molecular formula is C14H17FN2. The third-order valence-electron chi connectivity index (χ3n) is 3.88. The SMILES string of the molecule is CN1CCC[C@@H]1Cc1c[nH]c2c(F)cccc12. The number of aromatic amines is 1. The van der Waals surface area contributed by atoms with Gasteiger partial charge in [-0.3, -0.25) is 0 Å². The molecule has 0 radical (unpaired) electrons. The van der Waals surface area contributed by atoms with Crippen molar-refractivity contribution in [3.63, 3.8) is 0 Å². The summed E-state index contributed by atoms with van der Waals surface area (Å²) < 4.78 is 13.5. The molecule has 1 aliphatic heterocycles. The van der Waals surface area contributed by atoms with Crippen molar-refractivity contribution in [2.45, 2.75) is 25.3 Å². The second-order valence-electron chi connectivity index (χ2n) is 4.96. The van der Waals surface area contributed by atoms with Gasteiger partial charge in [-0.2, -0.15) is 0 Å². The summed E-state index contributed by atoms with van der Waals surface area (Å²) in [4.78, 5) is 5.45. The van der Waals surface area contributed by atoms with Crippen molar-refractivity contribution in [2.24, 2.45) is 0 Å². The number of aromatic nitrogens is 1. The van der Waals surface area contributed by atoms with Crippen LogP contribution >= 0.6 is 0 Å². The Morgan fingerprint density at radius 1 is 1.47 bits per heavy atom. The molecule has 0 bridgehead atoms. The summed E-state index contributed by atoms with van der Waals surface area (Å²) in [6.45, 7) is 1.18. The molecular weight excluding hydrogens is 215 g/mol. The normalized spacial score (nSPS) is 21.4. The van der Waals surface area contributed by atoms with E-state index in [-0.39, 0.29) is 5.82 Å². The number of rotatable bonds is 2. The molecule has 3 rings (SSSR count). The van der Waals surface area contributed by atoms with E-state index in [9.17, 15) is 4.39 Å². The van der Waals surface area contributed by atoms with Crippen LogP contribution in [0.5, 0.6) is 0 Å². The highest BCUT2D eigenvalue weighted by Gasteiger charge is 2.22. The number of fused-ring (bicyclic) bond motifs is 1. The summed E-state index contributed by atoms with van der Waals surface area (Å²) in [5, 5.41) is 1.03. The molecule has 2 heterocycles. The molecule has 1 aromatic heterocycles. The molecule has 90 valence electrons. The Bertz CT molecular complexity index is 532. The minimum atomic E-state index is -0.159. The second kappa shape index (κ2) is 4.15. The third kappa shape index (κ3) is 1.84. The first-order chi connectivity index (χ1) is 8.25. The van der Waals surface area contributed by atoms with E-state index in [4.69, 9.17) is 0 Å². The number of benzene rings is 1. The maximum atomic E-state index is 13.5. The number of halogens is 1. The molecule has 0 spiro atoms. The first-order valence-corrected chi connectivity index (χ1v) is 6.20. The van der Waals surface area contributed by atoms with E-state index in [1.165, 1.54) is 31.0 Å². The van der Waals surface area contributed by atoms with Crippen molar-refractivity contribution < 1.29 is 4.39 Å². The molecule has 1 aromatic carbocycles. The number of hydrogen-bond acceptors (Lipinski definition) is 1. The summed E-state index contributed by atoms with van der Waals surface area (Å²) in [5.41, 5.74) is 1.88. The van der Waals surface area contributed by atoms with Crippen LogP contribution in [0.25, 0.3) is 10.9 Å². The predicted molar refractivity (Wildman–Crippen MR) is 67.6 cm³/mol. The number of likely N-dealkylation sites (tertiary alicyclic amines) is 1. The van der Waals surface area contributed by atoms with Crippen LogP contribution in [0.3, 0.4) is 0 Å². The molecule has 1 aliphatic rings. The third-order valence-corrected chi connectivity index (χ3v) is 3.88. The zero-order chi connectivity index (χ0) is 11.8. The van der Waals surface area contributed by atoms with Crippen LogP contribution in [0.4, 0.5) is 4.39 Å². The van der Waals surface area contributed by atoms with E-state index in [1.54, 1.807) is 6.07 Å². The summed E-state index contributed by atoms with van der Waals surface area (Å²) >= 11 is 0. The number of H-pyrrole nitrogens is 1. The van der Waals surface area contributed by atoms with Gasteiger partial charge >= 0.3 is 0 Å². The van der Waals surface area contributed by atoms with E-state index in [0.29, 0.717) is 11.6 Å². The quantitative estimate of drug-likeness (QED) is 0.843. The molecule has 0 unspecified atom stereocenters. The second-order valence-corrected chi connectivity index (χ2v) is 4.96. The van der Waals surface area contributed by atoms with Gasteiger partial charge in [-0.25, -0.2) is 4.39 Å². The standard InChI is InChI=1S/C14H17FN2/c1-17-7-3-4-11(17)8-10-9-16-14-12(10)5-2-6-13(14)15/h2,5-6,9,11,16H,3-4,7-8H2,1H3/t11-/m1/s1. The Morgan fingerprint density at radius 3 is 3.12 bits per heavy atom. The molecule has 3 heteroatoms. The van der Waals surface area contributed by atoms with Gasteiger partial charge in [0, 0.05) is 17.6 Å². The van der Waals surface area contributed by atoms with Crippen LogP contribution in [0.15, 0.2) is 24.4 Å². The smallest absolute Gasteiger partial charge is 0.147 e. The Balaban J connectivity index is 1.93. The lowest BCUT2D eigenvalue weighted by atomic mass is 10.0. The molecule has 17 heavy (non-hydrogen) atoms. The van der Waals surface area contributed by atoms with Crippen molar-refractivity contribution >= 4 is 10.9 Å². The number of nitrogens with one attached hydrogen (secondary N) is 1. The fraction of sp³-hybridized carbons (Fsp3) is 0.429. The minimum absolute atomic E-state index is 0.159. The molecule has 1 atom stereocenters. The van der Waals surface area contributed by atoms with E-state index in [0.717, 1.165) is 11.8 Å². The van der Waals surface area contributed by atoms with Crippen molar-refractivity contribution in [3.05, 3.63) is 35.8 Å². The van der Waals surface area contributed by atoms with Crippen LogP contribution in [0.1, 0.15) is 18.4 Å². The molecule has 1 saturated heterocycles. The largest absolute Gasteiger partial charge is 0.359 e. The lowest BCUT2D eigenvalue weighted by Gasteiger charge is -2.18. The Labute approximate surface area is 100 Å². The van der Waals surface area contributed by atoms with Gasteiger partial charge in [0.05, 0.1) is 5.52 Å². The minimum Gasteiger partial charge on any atom is -0.359 e. The molecule has 0 amide bonds. The Hall–Kier alpha value is -1.35. The van der Waals surface area contributed by atoms with Crippen LogP contribution < -0.4 is 0 Å². The highest BCUT2D eigenvalue weighted by Crippen LogP contribution is 2.25. The number of likely N-dealkylation sites (N-methyl/N-ethyl adjacent to an activating group) is 1. The first kappa shape index (κ1) is 10.8. The van der Waals surface area contributed by atoms with Crippen molar-refractivity contribution in [1.29, 1.82) is 0 Å². The highest BCUT2D eigenvalue weighted by molar-refractivity contribution is 5.83. The molecule has 2 aromatic rings. The van der Waals surface area contributed by atoms with E-state index >= 15 is 0 Å². The summed E-state index contributed by atoms with van der Waals surface area (Å²) in [5.74, 6) is -0.159. The van der Waals surface area contributed by atoms with Gasteiger partial charge in [0.15, 0.2) is 0 Å². The van der Waals surface area contributed by atoms with Gasteiger partial charge in [-0.15, -0.1) is 0 Å². The number of hydrogen-bond donors (Lipinski definition) is 1. The zero-order valence-corrected chi connectivity index (χ0v) is 10.0. The highest BCUT2D eigenvalue weighted by atomic mass is 19.1. The first-order valence-electron chi connectivity index (χ1n) is 6.20. The lowest BCUT2D eigenvalue weighted by Crippen LogP contribution is -2.26. The van der Waals surface area contributed by atoms with Gasteiger partial charge in [0.1, 0.15) is 5.82 Å². The van der Waals surface area contributed by atoms with Crippen LogP contribution in [0.2, 0.25) is 0 Å². The predicted octanol–water partition coefficient (Wildman–Crippen LogP) is 2.94. The monoisotopic (exact) mass is 232 g/mol. The average molecular weight is 232 g/mol. The Kier molecular flexibility index (Phi) is 2.63. The number of para-hydroxylation sites is 1. The van der Waals surface area contributed by atoms with Crippen LogP contribution in [-0.4, -0.2) is 29.5 Å². The van der Waals surface area contributed by atoms with Gasteiger partial charge in [0.2, 0.25) is 0 Å². The maximum Gasteiger partial charge on any atom is 0.147 e. The van der Waals surface area contributed by atoms with Crippen LogP contribution in [0, 0.1) is 5.82 Å². The molecule has 2 nitrogen and oxygen atoms in total. The van der Waals surface area contributed by atoms with Gasteiger partial charge in [-0.1, -0.05) is 12.1 Å². The van der Waals surface area contributed by atoms with Crippen molar-refractivity contribution in [1.82, 2.24) is 9.88 Å². The summed E-state index contributed by atoms with van der Waals surface area (Å²) in [6.07, 6.45) is 5.50. The molecule has 1 fully saturated rings. The van der Waals surface area contributed by atoms with Crippen molar-refractivity contribution in [3.8, 4) is 0 Å². The van der Waals surface area contributed by atoms with Crippen LogP contribution in [-0.2, 0) is 6.42 Å². The van der Waals surface area contributed by atoms with E-state index in [1.807, 2.05) is 12.3 Å². The topological polar surface area (TPSA) is 19.0 Å². The molecule has 1 N–H and O–H groups in total. The van der Waals surface area contributed by atoms with E-state index in [2.05, 4.69) is 16.9 Å². The van der Waals surface area contributed by atoms with Gasteiger partial charge in [0.25, 0.3) is 0 Å².